The van der Waals surface area contributed by atoms with E-state index in [-0.39, 0.29) is 54.9 Å². The first-order valence-electron chi connectivity index (χ1n) is 33.8. The third-order valence-corrected chi connectivity index (χ3v) is 19.7. The molecule has 1 saturated heterocycles. The molecule has 6 N–H and O–H groups in total. The van der Waals surface area contributed by atoms with Crippen LogP contribution in [-0.4, -0.2) is 177 Å². The highest BCUT2D eigenvalue weighted by atomic mass is 32.2. The Hall–Kier alpha value is -9.00. The predicted molar refractivity (Wildman–Crippen MR) is 375 cm³/mol. The van der Waals surface area contributed by atoms with E-state index in [4.69, 9.17) is 14.2 Å². The maximum Gasteiger partial charge on any atom is 0.410 e. The summed E-state index contributed by atoms with van der Waals surface area (Å²) in [6, 6.07) is 19.7. The lowest BCUT2D eigenvalue weighted by Crippen LogP contribution is -2.64. The summed E-state index contributed by atoms with van der Waals surface area (Å²) in [6.45, 7) is 19.8. The maximum absolute atomic E-state index is 15.6. The molecular weight excluding hydrogens is 1280 g/mol. The molecule has 4 aromatic carbocycles. The van der Waals surface area contributed by atoms with Gasteiger partial charge in [-0.25, -0.2) is 9.59 Å². The molecule has 534 valence electrons. The number of thioether (sulfide) groups is 1. The number of rotatable bonds is 20. The van der Waals surface area contributed by atoms with Gasteiger partial charge >= 0.3 is 18.2 Å². The number of fused-ring (bicyclic) bond motifs is 3. The molecule has 0 radical (unpaired) electrons. The molecule has 0 saturated carbocycles. The summed E-state index contributed by atoms with van der Waals surface area (Å²) in [5.74, 6) is -5.19. The summed E-state index contributed by atoms with van der Waals surface area (Å²) in [6.07, 6.45) is 3.34. The lowest BCUT2D eigenvalue weighted by molar-refractivity contribution is -0.146. The SMILES string of the molecule is COC(=O)CSC(C)(C)[C@H](NC(=O)C(C)N(C)C(=O)OC(C)(C)C)C(=O)N1Cc2cc(NC(=O)c3ccc(C(=O)N[C@H]4CC(C(=O)N[C@@H]5CCCc6ccccc65)N(C(=O)C(NC(=O)CN(C)C(=O)OC(C)(C)C)C(C)(C)C)C4)cc3)ccc2CC1C(=O)N[C@@H]1CCCc2ccccc21. The molecule has 4 aliphatic rings. The summed E-state index contributed by atoms with van der Waals surface area (Å²) in [7, 11) is 4.06. The largest absolute Gasteiger partial charge is 0.468 e. The minimum atomic E-state index is -1.39. The van der Waals surface area contributed by atoms with Crippen molar-refractivity contribution in [3.05, 3.63) is 136 Å². The van der Waals surface area contributed by atoms with E-state index >= 15 is 4.79 Å². The molecule has 4 aromatic rings. The number of likely N-dealkylation sites (N-methyl/N-ethyl adjacent to an activating group) is 2. The Morgan fingerprint density at radius 1 is 0.606 bits per heavy atom. The molecule has 0 aromatic heterocycles. The fraction of sp³-hybridized carbons (Fsp3) is 0.527. The first-order chi connectivity index (χ1) is 46.4. The van der Waals surface area contributed by atoms with Crippen LogP contribution < -0.4 is 31.9 Å². The first-order valence-corrected chi connectivity index (χ1v) is 34.8. The highest BCUT2D eigenvalue weighted by Crippen LogP contribution is 2.37. The van der Waals surface area contributed by atoms with Gasteiger partial charge in [-0.1, -0.05) is 75.4 Å². The normalized spacial score (nSPS) is 19.2. The molecule has 2 aliphatic carbocycles. The minimum absolute atomic E-state index is 0.0418. The van der Waals surface area contributed by atoms with Gasteiger partial charge in [-0.05, 0) is 182 Å². The van der Waals surface area contributed by atoms with E-state index in [1.165, 1.54) is 62.2 Å². The average Bonchev–Trinajstić information content (AvgIpc) is 1.77. The van der Waals surface area contributed by atoms with E-state index < -0.39 is 130 Å². The quantitative estimate of drug-likeness (QED) is 0.0360. The van der Waals surface area contributed by atoms with Crippen molar-refractivity contribution in [1.29, 1.82) is 0 Å². The lowest BCUT2D eigenvalue weighted by Gasteiger charge is -2.42. The molecule has 0 spiro atoms. The van der Waals surface area contributed by atoms with Crippen LogP contribution in [0.2, 0.25) is 0 Å². The van der Waals surface area contributed by atoms with E-state index in [1.54, 1.807) is 94.4 Å². The van der Waals surface area contributed by atoms with E-state index in [9.17, 15) is 47.9 Å². The first kappa shape index (κ1) is 75.8. The number of amides is 10. The van der Waals surface area contributed by atoms with E-state index in [0.717, 1.165) is 75.1 Å². The number of ether oxygens (including phenoxy) is 3. The standard InChI is InChI=1S/C74H98N10O14S/c1-43(82(14)70(95)98-73(8,9)10)62(87)80-61(74(11,12)99-42-59(86)96-15)68(93)83-39-49-36-50(35-34-48(49)37-56(83)65(90)77-54-28-20-24-44-22-16-18-26-52(44)54)75-63(88)46-30-32-47(33-31-46)64(89)76-51-38-57(66(91)78-55-29-21-25-45-23-17-19-27-53(45)55)84(40-51)67(92)60(71(2,3)4)79-58(85)41-81(13)69(94)97-72(5,6)7/h16-19,22-23,26-27,30-36,43,51,54-57,60-61H,20-21,24-25,28-29,37-42H2,1-15H3,(H,75,88)(H,76,89)(H,77,90)(H,78,91)(H,79,85)(H,80,87)/t43?,51-,54+,55+,56?,57?,60?,61+/m0/s1. The fourth-order valence-electron chi connectivity index (χ4n) is 12.8. The molecule has 0 bridgehead atoms. The Morgan fingerprint density at radius 3 is 1.70 bits per heavy atom. The summed E-state index contributed by atoms with van der Waals surface area (Å²) < 4.78 is 14.7. The van der Waals surface area contributed by atoms with Crippen molar-refractivity contribution in [2.24, 2.45) is 5.41 Å². The zero-order valence-corrected chi connectivity index (χ0v) is 60.5. The number of nitrogens with zero attached hydrogens (tertiary/aromatic N) is 4. The number of benzene rings is 4. The number of nitrogens with one attached hydrogen (secondary N) is 6. The van der Waals surface area contributed by atoms with Gasteiger partial charge in [-0.3, -0.25) is 48.1 Å². The minimum Gasteiger partial charge on any atom is -0.468 e. The van der Waals surface area contributed by atoms with Crippen LogP contribution in [-0.2, 0) is 73.6 Å². The summed E-state index contributed by atoms with van der Waals surface area (Å²) in [5, 5.41) is 18.1. The van der Waals surface area contributed by atoms with Crippen molar-refractivity contribution >= 4 is 82.9 Å². The molecule has 2 aliphatic heterocycles. The number of methoxy groups -OCH3 is 1. The van der Waals surface area contributed by atoms with Crippen LogP contribution in [0, 0.1) is 5.41 Å². The molecule has 8 atom stereocenters. The number of hydrogen-bond acceptors (Lipinski definition) is 15. The zero-order chi connectivity index (χ0) is 72.6. The Morgan fingerprint density at radius 2 is 1.14 bits per heavy atom. The van der Waals surface area contributed by atoms with E-state index in [1.807, 2.05) is 48.5 Å². The van der Waals surface area contributed by atoms with Crippen molar-refractivity contribution in [2.75, 3.05) is 45.4 Å². The van der Waals surface area contributed by atoms with Crippen LogP contribution in [0.1, 0.15) is 181 Å². The molecule has 2 heterocycles. The van der Waals surface area contributed by atoms with Crippen LogP contribution in [0.25, 0.3) is 0 Å². The summed E-state index contributed by atoms with van der Waals surface area (Å²) in [5.41, 5.74) is 3.68. The van der Waals surface area contributed by atoms with Crippen LogP contribution in [0.4, 0.5) is 15.3 Å². The Labute approximate surface area is 584 Å². The van der Waals surface area contributed by atoms with Gasteiger partial charge in [0.1, 0.15) is 48.0 Å². The van der Waals surface area contributed by atoms with E-state index in [2.05, 4.69) is 31.9 Å². The third-order valence-electron chi connectivity index (χ3n) is 18.3. The topological polar surface area (TPSA) is 301 Å². The number of likely N-dealkylation sites (tertiary alicyclic amines) is 1. The smallest absolute Gasteiger partial charge is 0.410 e. The van der Waals surface area contributed by atoms with Crippen molar-refractivity contribution in [3.63, 3.8) is 0 Å². The number of carbonyl (C=O) groups excluding carboxylic acids is 11. The van der Waals surface area contributed by atoms with Gasteiger partial charge in [0.2, 0.25) is 35.4 Å². The molecule has 25 heteroatoms. The maximum atomic E-state index is 15.6. The van der Waals surface area contributed by atoms with Gasteiger partial charge in [0.05, 0.1) is 24.9 Å². The highest BCUT2D eigenvalue weighted by Gasteiger charge is 2.48. The van der Waals surface area contributed by atoms with Gasteiger partial charge in [-0.15, -0.1) is 11.8 Å². The molecule has 24 nitrogen and oxygen atoms in total. The Kier molecular flexibility index (Phi) is 24.1. The second-order valence-electron chi connectivity index (χ2n) is 29.8. The van der Waals surface area contributed by atoms with Crippen molar-refractivity contribution in [2.45, 2.75) is 205 Å². The Bertz CT molecular complexity index is 3710. The van der Waals surface area contributed by atoms with Crippen molar-refractivity contribution < 1.29 is 67.0 Å². The lowest BCUT2D eigenvalue weighted by atomic mass is 9.85. The second-order valence-corrected chi connectivity index (χ2v) is 31.4. The number of anilines is 1. The number of esters is 1. The van der Waals surface area contributed by atoms with Gasteiger partial charge in [0, 0.05) is 61.2 Å². The number of aryl methyl sites for hydroxylation is 2. The van der Waals surface area contributed by atoms with E-state index in [0.29, 0.717) is 24.1 Å². The molecular formula is C74H98N10O14S. The van der Waals surface area contributed by atoms with Crippen molar-refractivity contribution in [1.82, 2.24) is 46.2 Å². The highest BCUT2D eigenvalue weighted by molar-refractivity contribution is 8.01. The average molecular weight is 1380 g/mol. The molecule has 99 heavy (non-hydrogen) atoms. The van der Waals surface area contributed by atoms with Crippen molar-refractivity contribution in [3.8, 4) is 0 Å². The third kappa shape index (κ3) is 19.5. The predicted octanol–water partition coefficient (Wildman–Crippen LogP) is 8.10. The van der Waals surface area contributed by atoms with Gasteiger partial charge < -0.3 is 60.8 Å². The molecule has 10 amide bonds. The molecule has 8 rings (SSSR count). The Balaban J connectivity index is 1.01. The number of hydrogen-bond donors (Lipinski definition) is 6. The van der Waals surface area contributed by atoms with Gasteiger partial charge in [0.15, 0.2) is 0 Å². The molecule has 4 unspecified atom stereocenters. The van der Waals surface area contributed by atoms with Gasteiger partial charge in [0.25, 0.3) is 11.8 Å². The summed E-state index contributed by atoms with van der Waals surface area (Å²) in [4.78, 5) is 160. The zero-order valence-electron chi connectivity index (χ0n) is 59.7. The van der Waals surface area contributed by atoms with Gasteiger partial charge in [-0.2, -0.15) is 0 Å². The second kappa shape index (κ2) is 31.5. The van der Waals surface area contributed by atoms with Crippen LogP contribution >= 0.6 is 11.8 Å². The fourth-order valence-corrected chi connectivity index (χ4v) is 13.7. The van der Waals surface area contributed by atoms with Crippen LogP contribution in [0.15, 0.2) is 91.0 Å². The van der Waals surface area contributed by atoms with Crippen LogP contribution in [0.3, 0.4) is 0 Å². The number of carbonyl (C=O) groups is 11. The van der Waals surface area contributed by atoms with Crippen LogP contribution in [0.5, 0.6) is 0 Å². The monoisotopic (exact) mass is 1380 g/mol. The summed E-state index contributed by atoms with van der Waals surface area (Å²) >= 11 is 1.07. The molecule has 1 fully saturated rings.